The Kier molecular flexibility index (Phi) is 7.71. The molecule has 0 saturated carbocycles. The average molecular weight is 422 g/mol. The highest BCUT2D eigenvalue weighted by Gasteiger charge is 2.28. The van der Waals surface area contributed by atoms with Gasteiger partial charge in [-0.1, -0.05) is 18.0 Å². The Balaban J connectivity index is 1.37. The van der Waals surface area contributed by atoms with E-state index in [0.29, 0.717) is 30.3 Å². The molecular weight excluding hydrogens is 394 g/mol. The van der Waals surface area contributed by atoms with Crippen molar-refractivity contribution in [3.63, 3.8) is 0 Å². The molecule has 2 aliphatic rings. The molecule has 0 atom stereocenters. The second kappa shape index (κ2) is 10.5. The molecule has 9 heteroatoms. The van der Waals surface area contributed by atoms with Crippen molar-refractivity contribution in [3.05, 3.63) is 29.3 Å². The van der Waals surface area contributed by atoms with Crippen LogP contribution in [0.4, 0.5) is 10.5 Å². The largest absolute Gasteiger partial charge is 0.353 e. The lowest BCUT2D eigenvalue weighted by molar-refractivity contribution is -0.139. The molecule has 8 nitrogen and oxygen atoms in total. The third-order valence-corrected chi connectivity index (χ3v) is 5.49. The number of benzene rings is 1. The van der Waals surface area contributed by atoms with E-state index < -0.39 is 0 Å². The minimum Gasteiger partial charge on any atom is -0.353 e. The zero-order chi connectivity index (χ0) is 20.6. The van der Waals surface area contributed by atoms with E-state index in [9.17, 15) is 14.4 Å². The van der Waals surface area contributed by atoms with Gasteiger partial charge in [-0.3, -0.25) is 9.59 Å². The van der Waals surface area contributed by atoms with Crippen LogP contribution in [0.2, 0.25) is 5.02 Å². The zero-order valence-corrected chi connectivity index (χ0v) is 17.3. The van der Waals surface area contributed by atoms with Gasteiger partial charge in [0, 0.05) is 36.9 Å². The van der Waals surface area contributed by atoms with E-state index in [1.807, 2.05) is 0 Å². The molecule has 1 aromatic carbocycles. The molecule has 0 unspecified atom stereocenters. The third kappa shape index (κ3) is 6.61. The van der Waals surface area contributed by atoms with Crippen LogP contribution in [0.5, 0.6) is 0 Å². The molecule has 4 amide bonds. The summed E-state index contributed by atoms with van der Waals surface area (Å²) in [6.45, 7) is 4.34. The van der Waals surface area contributed by atoms with Crippen molar-refractivity contribution in [2.45, 2.75) is 19.3 Å². The Morgan fingerprint density at radius 3 is 2.41 bits per heavy atom. The molecule has 2 saturated heterocycles. The Bertz CT molecular complexity index is 721. The van der Waals surface area contributed by atoms with Gasteiger partial charge in [-0.25, -0.2) is 4.79 Å². The molecule has 2 N–H and O–H groups in total. The second-order valence-electron chi connectivity index (χ2n) is 7.43. The third-order valence-electron chi connectivity index (χ3n) is 5.23. The maximum Gasteiger partial charge on any atom is 0.322 e. The number of carbonyl (C=O) groups is 3. The van der Waals surface area contributed by atoms with Gasteiger partial charge in [0.25, 0.3) is 0 Å². The van der Waals surface area contributed by atoms with Crippen molar-refractivity contribution in [2.75, 3.05) is 57.7 Å². The first kappa shape index (κ1) is 21.4. The van der Waals surface area contributed by atoms with E-state index in [2.05, 4.69) is 15.5 Å². The molecule has 0 spiro atoms. The molecule has 0 aliphatic carbocycles. The number of amides is 4. The van der Waals surface area contributed by atoms with Gasteiger partial charge < -0.3 is 25.3 Å². The minimum absolute atomic E-state index is 0.0332. The van der Waals surface area contributed by atoms with Crippen LogP contribution in [-0.2, 0) is 9.59 Å². The quantitative estimate of drug-likeness (QED) is 0.731. The number of hydrogen-bond donors (Lipinski definition) is 2. The van der Waals surface area contributed by atoms with Crippen molar-refractivity contribution in [2.24, 2.45) is 0 Å². The number of urea groups is 1. The van der Waals surface area contributed by atoms with Crippen molar-refractivity contribution >= 4 is 35.1 Å². The van der Waals surface area contributed by atoms with E-state index in [1.54, 1.807) is 24.3 Å². The van der Waals surface area contributed by atoms with Gasteiger partial charge in [-0.05, 0) is 50.2 Å². The van der Waals surface area contributed by atoms with Gasteiger partial charge in [0.05, 0.1) is 6.54 Å². The number of piperidine rings is 1. The van der Waals surface area contributed by atoms with Gasteiger partial charge in [0.1, 0.15) is 6.54 Å². The lowest BCUT2D eigenvalue weighted by Crippen LogP contribution is -2.55. The van der Waals surface area contributed by atoms with E-state index in [-0.39, 0.29) is 30.9 Å². The molecular formula is C20H28ClN5O3. The number of carbonyl (C=O) groups excluding carboxylic acids is 3. The number of piperazine rings is 1. The Hall–Kier alpha value is -2.32. The fraction of sp³-hybridized carbons (Fsp3) is 0.550. The van der Waals surface area contributed by atoms with Crippen molar-refractivity contribution in [3.8, 4) is 0 Å². The van der Waals surface area contributed by atoms with Crippen LogP contribution in [-0.4, -0.2) is 84.9 Å². The van der Waals surface area contributed by atoms with Crippen molar-refractivity contribution < 1.29 is 14.4 Å². The fourth-order valence-electron chi connectivity index (χ4n) is 3.55. The lowest BCUT2D eigenvalue weighted by atomic mass is 10.1. The molecule has 0 aromatic heterocycles. The molecule has 1 aromatic rings. The fourth-order valence-corrected chi connectivity index (χ4v) is 3.68. The highest BCUT2D eigenvalue weighted by atomic mass is 35.5. The average Bonchev–Trinajstić information content (AvgIpc) is 2.72. The standard InChI is InChI=1S/C20H28ClN5O3/c21-16-4-6-17(7-5-16)23-20(29)26-13-12-25(19(28)15-26)14-18(27)22-8-11-24-9-2-1-3-10-24/h4-7H,1-3,8-15H2,(H,22,27)(H,23,29). The first-order valence-electron chi connectivity index (χ1n) is 10.1. The number of anilines is 1. The number of nitrogens with zero attached hydrogens (tertiary/aromatic N) is 3. The SMILES string of the molecule is O=C(CN1CCN(C(=O)Nc2ccc(Cl)cc2)CC1=O)NCCN1CCCCC1. The summed E-state index contributed by atoms with van der Waals surface area (Å²) in [7, 11) is 0. The van der Waals surface area contributed by atoms with Gasteiger partial charge in [0.15, 0.2) is 0 Å². The van der Waals surface area contributed by atoms with Crippen LogP contribution in [0.3, 0.4) is 0 Å². The highest BCUT2D eigenvalue weighted by Crippen LogP contribution is 2.14. The topological polar surface area (TPSA) is 85.0 Å². The summed E-state index contributed by atoms with van der Waals surface area (Å²) >= 11 is 5.84. The summed E-state index contributed by atoms with van der Waals surface area (Å²) in [6.07, 6.45) is 3.73. The van der Waals surface area contributed by atoms with Crippen LogP contribution in [0, 0.1) is 0 Å². The monoisotopic (exact) mass is 421 g/mol. The predicted molar refractivity (Wildman–Crippen MR) is 112 cm³/mol. The molecule has 2 fully saturated rings. The minimum atomic E-state index is -0.341. The maximum absolute atomic E-state index is 12.4. The summed E-state index contributed by atoms with van der Waals surface area (Å²) in [6, 6.07) is 6.43. The summed E-state index contributed by atoms with van der Waals surface area (Å²) in [4.78, 5) is 42.2. The first-order valence-corrected chi connectivity index (χ1v) is 10.5. The van der Waals surface area contributed by atoms with Crippen LogP contribution in [0.1, 0.15) is 19.3 Å². The number of likely N-dealkylation sites (tertiary alicyclic amines) is 1. The lowest BCUT2D eigenvalue weighted by Gasteiger charge is -2.34. The van der Waals surface area contributed by atoms with Crippen LogP contribution < -0.4 is 10.6 Å². The maximum atomic E-state index is 12.4. The zero-order valence-electron chi connectivity index (χ0n) is 16.5. The molecule has 0 bridgehead atoms. The normalized spacial score (nSPS) is 17.9. The van der Waals surface area contributed by atoms with Crippen LogP contribution in [0.15, 0.2) is 24.3 Å². The molecule has 29 heavy (non-hydrogen) atoms. The summed E-state index contributed by atoms with van der Waals surface area (Å²) in [5.41, 5.74) is 0.613. The summed E-state index contributed by atoms with van der Waals surface area (Å²) in [5.74, 6) is -0.386. The number of nitrogens with one attached hydrogen (secondary N) is 2. The predicted octanol–water partition coefficient (Wildman–Crippen LogP) is 1.62. The van der Waals surface area contributed by atoms with E-state index in [0.717, 1.165) is 19.6 Å². The Labute approximate surface area is 176 Å². The van der Waals surface area contributed by atoms with E-state index >= 15 is 0 Å². The van der Waals surface area contributed by atoms with E-state index in [1.165, 1.54) is 29.1 Å². The summed E-state index contributed by atoms with van der Waals surface area (Å²) < 4.78 is 0. The smallest absolute Gasteiger partial charge is 0.322 e. The van der Waals surface area contributed by atoms with Gasteiger partial charge in [-0.2, -0.15) is 0 Å². The second-order valence-corrected chi connectivity index (χ2v) is 7.86. The summed E-state index contributed by atoms with van der Waals surface area (Å²) in [5, 5.41) is 6.22. The van der Waals surface area contributed by atoms with Crippen LogP contribution >= 0.6 is 11.6 Å². The van der Waals surface area contributed by atoms with Gasteiger partial charge in [-0.15, -0.1) is 0 Å². The van der Waals surface area contributed by atoms with Crippen molar-refractivity contribution in [1.29, 1.82) is 0 Å². The molecule has 2 aliphatic heterocycles. The van der Waals surface area contributed by atoms with Gasteiger partial charge >= 0.3 is 6.03 Å². The number of halogens is 1. The Morgan fingerprint density at radius 2 is 1.72 bits per heavy atom. The first-order chi connectivity index (χ1) is 14.0. The molecule has 158 valence electrons. The highest BCUT2D eigenvalue weighted by molar-refractivity contribution is 6.30. The molecule has 2 heterocycles. The molecule has 0 radical (unpaired) electrons. The number of hydrogen-bond acceptors (Lipinski definition) is 4. The van der Waals surface area contributed by atoms with E-state index in [4.69, 9.17) is 11.6 Å². The van der Waals surface area contributed by atoms with Crippen molar-refractivity contribution in [1.82, 2.24) is 20.0 Å². The number of rotatable bonds is 6. The molecule has 3 rings (SSSR count). The Morgan fingerprint density at radius 1 is 1.00 bits per heavy atom. The van der Waals surface area contributed by atoms with Crippen LogP contribution in [0.25, 0.3) is 0 Å². The van der Waals surface area contributed by atoms with Gasteiger partial charge in [0.2, 0.25) is 11.8 Å².